The fraction of sp³-hybridized carbons (Fsp3) is 0.429. The molecule has 0 bridgehead atoms. The molecule has 0 spiro atoms. The highest BCUT2D eigenvalue weighted by molar-refractivity contribution is 8.03. The molecule has 0 unspecified atom stereocenters. The molecule has 1 aliphatic heterocycles. The highest BCUT2D eigenvalue weighted by atomic mass is 32.2. The second-order valence-electron chi connectivity index (χ2n) is 2.54. The Balaban J connectivity index is 3.18. The zero-order valence-corrected chi connectivity index (χ0v) is 7.30. The van der Waals surface area contributed by atoms with Gasteiger partial charge in [-0.25, -0.2) is 0 Å². The number of hydrogen-bond acceptors (Lipinski definition) is 1. The van der Waals surface area contributed by atoms with Crippen molar-refractivity contribution in [3.8, 4) is 0 Å². The Kier molecular flexibility index (Phi) is 2.64. The number of thioether (sulfide) groups is 1. The Labute approximate surface area is 79.7 Å². The summed E-state index contributed by atoms with van der Waals surface area (Å²) < 4.78 is 69.8. The minimum absolute atomic E-state index is 0.123. The summed E-state index contributed by atoms with van der Waals surface area (Å²) in [6.45, 7) is 0. The van der Waals surface area contributed by atoms with Crippen LogP contribution >= 0.6 is 11.8 Å². The third kappa shape index (κ3) is 1.65. The van der Waals surface area contributed by atoms with E-state index in [1.54, 1.807) is 0 Å². The van der Waals surface area contributed by atoms with Crippen molar-refractivity contribution in [1.29, 1.82) is 0 Å². The highest BCUT2D eigenvalue weighted by Gasteiger charge is 2.69. The Morgan fingerprint density at radius 1 is 0.857 bits per heavy atom. The average Bonchev–Trinajstić information content (AvgIpc) is 2.02. The van der Waals surface area contributed by atoms with Gasteiger partial charge in [0.15, 0.2) is 0 Å². The summed E-state index contributed by atoms with van der Waals surface area (Å²) in [6.07, 6.45) is -8.70. The maximum atomic E-state index is 12.3. The molecule has 0 atom stereocenters. The molecule has 0 radical (unpaired) electrons. The van der Waals surface area contributed by atoms with E-state index in [0.29, 0.717) is 0 Å². The minimum Gasteiger partial charge on any atom is -0.169 e. The van der Waals surface area contributed by atoms with Crippen molar-refractivity contribution < 1.29 is 26.3 Å². The molecule has 1 aliphatic rings. The van der Waals surface area contributed by atoms with Crippen molar-refractivity contribution in [3.63, 3.8) is 0 Å². The van der Waals surface area contributed by atoms with Gasteiger partial charge in [0.2, 0.25) is 4.75 Å². The van der Waals surface area contributed by atoms with Crippen LogP contribution in [0.4, 0.5) is 26.3 Å². The Bertz CT molecular complexity index is 257. The zero-order valence-electron chi connectivity index (χ0n) is 6.49. The lowest BCUT2D eigenvalue weighted by molar-refractivity contribution is -0.249. The first-order valence-electron chi connectivity index (χ1n) is 3.36. The largest absolute Gasteiger partial charge is 0.415 e. The van der Waals surface area contributed by atoms with Gasteiger partial charge in [-0.3, -0.25) is 0 Å². The monoisotopic (exact) mass is 234 g/mol. The third-order valence-electron chi connectivity index (χ3n) is 1.62. The molecule has 0 aromatic rings. The molecule has 0 aliphatic carbocycles. The number of hydrogen-bond donors (Lipinski definition) is 0. The van der Waals surface area contributed by atoms with E-state index in [9.17, 15) is 26.3 Å². The Morgan fingerprint density at radius 3 is 1.57 bits per heavy atom. The van der Waals surface area contributed by atoms with Gasteiger partial charge in [-0.1, -0.05) is 12.2 Å². The molecule has 0 saturated carbocycles. The van der Waals surface area contributed by atoms with Crippen LogP contribution < -0.4 is 0 Å². The number of allylic oxidation sites excluding steroid dienone is 2. The summed E-state index contributed by atoms with van der Waals surface area (Å²) in [5.41, 5.74) is 0. The first-order chi connectivity index (χ1) is 6.21. The molecule has 0 aromatic carbocycles. The van der Waals surface area contributed by atoms with Crippen LogP contribution in [0.5, 0.6) is 0 Å². The average molecular weight is 234 g/mol. The molecule has 0 aromatic heterocycles. The van der Waals surface area contributed by atoms with E-state index in [1.807, 2.05) is 0 Å². The molecule has 0 amide bonds. The quantitative estimate of drug-likeness (QED) is 0.576. The van der Waals surface area contributed by atoms with Crippen LogP contribution in [0.3, 0.4) is 0 Å². The molecule has 0 saturated heterocycles. The first kappa shape index (κ1) is 11.5. The topological polar surface area (TPSA) is 0 Å². The fourth-order valence-electron chi connectivity index (χ4n) is 0.906. The van der Waals surface area contributed by atoms with Gasteiger partial charge in [0.1, 0.15) is 0 Å². The minimum atomic E-state index is -5.35. The second-order valence-corrected chi connectivity index (χ2v) is 3.69. The molecule has 0 N–H and O–H groups in total. The SMILES string of the molecule is FC(F)(F)C1(C(F)(F)F)C=CC=CS1. The Morgan fingerprint density at radius 2 is 1.36 bits per heavy atom. The van der Waals surface area contributed by atoms with Crippen LogP contribution in [0.1, 0.15) is 0 Å². The van der Waals surface area contributed by atoms with E-state index in [1.165, 1.54) is 0 Å². The van der Waals surface area contributed by atoms with Crippen LogP contribution in [0.25, 0.3) is 0 Å². The highest BCUT2D eigenvalue weighted by Crippen LogP contribution is 2.54. The second kappa shape index (κ2) is 3.22. The third-order valence-corrected chi connectivity index (χ3v) is 2.88. The van der Waals surface area contributed by atoms with E-state index in [-0.39, 0.29) is 17.8 Å². The van der Waals surface area contributed by atoms with Gasteiger partial charge in [0, 0.05) is 0 Å². The van der Waals surface area contributed by atoms with Gasteiger partial charge in [-0.15, -0.1) is 11.8 Å². The fourth-order valence-corrected chi connectivity index (χ4v) is 1.71. The molecule has 1 heterocycles. The zero-order chi connectivity index (χ0) is 11.0. The van der Waals surface area contributed by atoms with E-state index in [4.69, 9.17) is 0 Å². The predicted molar refractivity (Wildman–Crippen MR) is 40.7 cm³/mol. The lowest BCUT2D eigenvalue weighted by atomic mass is 10.1. The van der Waals surface area contributed by atoms with Crippen LogP contribution in [0, 0.1) is 0 Å². The van der Waals surface area contributed by atoms with Crippen molar-refractivity contribution in [2.24, 2.45) is 0 Å². The molecule has 0 fully saturated rings. The number of rotatable bonds is 0. The van der Waals surface area contributed by atoms with Crippen LogP contribution in [-0.4, -0.2) is 17.1 Å². The number of alkyl halides is 6. The van der Waals surface area contributed by atoms with Gasteiger partial charge < -0.3 is 0 Å². The summed E-state index contributed by atoms with van der Waals surface area (Å²) in [6, 6.07) is 0. The lowest BCUT2D eigenvalue weighted by Crippen LogP contribution is -2.52. The normalized spacial score (nSPS) is 21.3. The first-order valence-corrected chi connectivity index (χ1v) is 4.24. The van der Waals surface area contributed by atoms with Gasteiger partial charge in [-0.2, -0.15) is 26.3 Å². The lowest BCUT2D eigenvalue weighted by Gasteiger charge is -2.34. The summed E-state index contributed by atoms with van der Waals surface area (Å²) in [7, 11) is 0. The smallest absolute Gasteiger partial charge is 0.169 e. The molecule has 7 heteroatoms. The molecule has 0 nitrogen and oxygen atoms in total. The molecule has 14 heavy (non-hydrogen) atoms. The maximum absolute atomic E-state index is 12.3. The van der Waals surface area contributed by atoms with Crippen molar-refractivity contribution in [3.05, 3.63) is 23.6 Å². The van der Waals surface area contributed by atoms with Crippen LogP contribution in [-0.2, 0) is 0 Å². The van der Waals surface area contributed by atoms with Crippen LogP contribution in [0.2, 0.25) is 0 Å². The van der Waals surface area contributed by atoms with Crippen molar-refractivity contribution >= 4 is 11.8 Å². The predicted octanol–water partition coefficient (Wildman–Crippen LogP) is 3.67. The molecular formula is C7H4F6S. The number of halogens is 6. The van der Waals surface area contributed by atoms with Crippen LogP contribution in [0.15, 0.2) is 23.6 Å². The summed E-state index contributed by atoms with van der Waals surface area (Å²) in [5.74, 6) is 0. The van der Waals surface area contributed by atoms with E-state index >= 15 is 0 Å². The van der Waals surface area contributed by atoms with E-state index in [0.717, 1.165) is 17.6 Å². The van der Waals surface area contributed by atoms with Crippen molar-refractivity contribution in [2.45, 2.75) is 17.1 Å². The van der Waals surface area contributed by atoms with Gasteiger partial charge in [-0.05, 0) is 11.5 Å². The van der Waals surface area contributed by atoms with Crippen molar-refractivity contribution in [2.75, 3.05) is 0 Å². The van der Waals surface area contributed by atoms with E-state index < -0.39 is 17.1 Å². The molecule has 80 valence electrons. The van der Waals surface area contributed by atoms with E-state index in [2.05, 4.69) is 0 Å². The summed E-state index contributed by atoms with van der Waals surface area (Å²) in [4.78, 5) is 0. The van der Waals surface area contributed by atoms with Gasteiger partial charge in [0.25, 0.3) is 0 Å². The standard InChI is InChI=1S/C7H4F6S/c8-6(9,10)5(7(11,12)13)3-1-2-4-14-5/h1-4H. The Hall–Kier alpha value is -0.590. The van der Waals surface area contributed by atoms with Crippen molar-refractivity contribution in [1.82, 2.24) is 0 Å². The maximum Gasteiger partial charge on any atom is 0.415 e. The van der Waals surface area contributed by atoms with Gasteiger partial charge in [0.05, 0.1) is 0 Å². The van der Waals surface area contributed by atoms with Gasteiger partial charge >= 0.3 is 12.4 Å². The molecular weight excluding hydrogens is 230 g/mol. The molecule has 1 rings (SSSR count). The summed E-state index contributed by atoms with van der Waals surface area (Å²) >= 11 is -0.293. The summed E-state index contributed by atoms with van der Waals surface area (Å²) in [5, 5.41) is 0.779.